The van der Waals surface area contributed by atoms with E-state index in [1.54, 1.807) is 0 Å². The molecule has 1 aliphatic rings. The molecule has 3 N–H and O–H groups in total. The molecule has 1 rings (SSSR count). The van der Waals surface area contributed by atoms with Gasteiger partial charge in [-0.15, -0.1) is 0 Å². The largest absolute Gasteiger partial charge is 0.389 e. The highest BCUT2D eigenvalue weighted by atomic mass is 16.3. The summed E-state index contributed by atoms with van der Waals surface area (Å²) in [5.74, 6) is 0.960. The van der Waals surface area contributed by atoms with Crippen LogP contribution in [0.25, 0.3) is 0 Å². The highest BCUT2D eigenvalue weighted by Gasteiger charge is 2.20. The Balaban J connectivity index is 2.06. The van der Waals surface area contributed by atoms with Crippen LogP contribution in [0.4, 0.5) is 0 Å². The van der Waals surface area contributed by atoms with Gasteiger partial charge in [0.2, 0.25) is 0 Å². The molecule has 17 heavy (non-hydrogen) atoms. The van der Waals surface area contributed by atoms with Gasteiger partial charge in [-0.25, -0.2) is 0 Å². The van der Waals surface area contributed by atoms with E-state index in [0.717, 1.165) is 25.3 Å². The average Bonchev–Trinajstić information content (AvgIpc) is 2.26. The highest BCUT2D eigenvalue weighted by molar-refractivity contribution is 4.75. The zero-order chi connectivity index (χ0) is 12.7. The molecule has 0 aromatic carbocycles. The fraction of sp³-hybridized carbons (Fsp3) is 1.00. The van der Waals surface area contributed by atoms with E-state index in [4.69, 9.17) is 5.73 Å². The van der Waals surface area contributed by atoms with Crippen LogP contribution >= 0.6 is 0 Å². The van der Waals surface area contributed by atoms with E-state index in [-0.39, 0.29) is 0 Å². The number of aliphatic hydroxyl groups is 1. The van der Waals surface area contributed by atoms with Crippen molar-refractivity contribution in [2.75, 3.05) is 26.2 Å². The maximum absolute atomic E-state index is 9.80. The number of nitrogens with two attached hydrogens (primary N) is 1. The van der Waals surface area contributed by atoms with Gasteiger partial charge in [0.25, 0.3) is 0 Å². The standard InChI is InChI=1S/C14H30N2O/c1-3-16(11-13-7-6-8-13)10-5-4-9-14(2,17)12-15/h13,17H,3-12,15H2,1-2H3. The van der Waals surface area contributed by atoms with E-state index in [2.05, 4.69) is 11.8 Å². The van der Waals surface area contributed by atoms with E-state index < -0.39 is 5.60 Å². The van der Waals surface area contributed by atoms with Crippen molar-refractivity contribution < 1.29 is 5.11 Å². The Morgan fingerprint density at radius 3 is 2.53 bits per heavy atom. The van der Waals surface area contributed by atoms with Crippen LogP contribution in [0.15, 0.2) is 0 Å². The van der Waals surface area contributed by atoms with E-state index in [1.165, 1.54) is 38.8 Å². The average molecular weight is 242 g/mol. The van der Waals surface area contributed by atoms with Gasteiger partial charge in [0.1, 0.15) is 0 Å². The molecule has 0 radical (unpaired) electrons. The first-order valence-electron chi connectivity index (χ1n) is 7.22. The smallest absolute Gasteiger partial charge is 0.0741 e. The van der Waals surface area contributed by atoms with Crippen LogP contribution in [0.1, 0.15) is 52.4 Å². The predicted molar refractivity (Wildman–Crippen MR) is 73.0 cm³/mol. The summed E-state index contributed by atoms with van der Waals surface area (Å²) in [5.41, 5.74) is 4.84. The van der Waals surface area contributed by atoms with Crippen LogP contribution in [0, 0.1) is 5.92 Å². The van der Waals surface area contributed by atoms with Crippen molar-refractivity contribution in [2.45, 2.75) is 58.0 Å². The van der Waals surface area contributed by atoms with Crippen molar-refractivity contribution in [3.05, 3.63) is 0 Å². The van der Waals surface area contributed by atoms with Crippen molar-refractivity contribution in [1.82, 2.24) is 4.90 Å². The molecule has 0 spiro atoms. The third-order valence-electron chi connectivity index (χ3n) is 4.07. The quantitative estimate of drug-likeness (QED) is 0.608. The van der Waals surface area contributed by atoms with E-state index in [0.29, 0.717) is 6.54 Å². The molecular weight excluding hydrogens is 212 g/mol. The minimum atomic E-state index is -0.662. The molecule has 0 bridgehead atoms. The molecule has 1 atom stereocenters. The van der Waals surface area contributed by atoms with Crippen LogP contribution in [-0.2, 0) is 0 Å². The van der Waals surface area contributed by atoms with Gasteiger partial charge in [0.05, 0.1) is 5.60 Å². The molecule has 1 saturated carbocycles. The summed E-state index contributed by atoms with van der Waals surface area (Å²) < 4.78 is 0. The molecule has 3 nitrogen and oxygen atoms in total. The summed E-state index contributed by atoms with van der Waals surface area (Å²) in [7, 11) is 0. The topological polar surface area (TPSA) is 49.5 Å². The van der Waals surface area contributed by atoms with Crippen LogP contribution in [0.3, 0.4) is 0 Å². The van der Waals surface area contributed by atoms with Crippen molar-refractivity contribution in [2.24, 2.45) is 11.7 Å². The lowest BCUT2D eigenvalue weighted by Gasteiger charge is -2.32. The summed E-state index contributed by atoms with van der Waals surface area (Å²) in [4.78, 5) is 2.56. The summed E-state index contributed by atoms with van der Waals surface area (Å²) in [5, 5.41) is 9.80. The second-order valence-corrected chi connectivity index (χ2v) is 5.85. The minimum absolute atomic E-state index is 0.368. The molecule has 1 fully saturated rings. The Hall–Kier alpha value is -0.120. The number of hydrogen-bond donors (Lipinski definition) is 2. The molecule has 102 valence electrons. The first-order chi connectivity index (χ1) is 8.07. The highest BCUT2D eigenvalue weighted by Crippen LogP contribution is 2.27. The fourth-order valence-electron chi connectivity index (χ4n) is 2.36. The maximum Gasteiger partial charge on any atom is 0.0741 e. The van der Waals surface area contributed by atoms with Gasteiger partial charge in [-0.2, -0.15) is 0 Å². The number of unbranched alkanes of at least 4 members (excludes halogenated alkanes) is 1. The van der Waals surface area contributed by atoms with Crippen LogP contribution in [0.5, 0.6) is 0 Å². The van der Waals surface area contributed by atoms with Crippen molar-refractivity contribution in [3.63, 3.8) is 0 Å². The molecule has 0 amide bonds. The molecule has 0 aromatic rings. The number of rotatable bonds is 9. The Morgan fingerprint density at radius 1 is 1.35 bits per heavy atom. The van der Waals surface area contributed by atoms with Crippen molar-refractivity contribution in [3.8, 4) is 0 Å². The number of hydrogen-bond acceptors (Lipinski definition) is 3. The molecular formula is C14H30N2O. The number of nitrogens with zero attached hydrogens (tertiary/aromatic N) is 1. The molecule has 0 heterocycles. The molecule has 0 aliphatic heterocycles. The zero-order valence-electron chi connectivity index (χ0n) is 11.6. The van der Waals surface area contributed by atoms with E-state index >= 15 is 0 Å². The summed E-state index contributed by atoms with van der Waals surface area (Å²) in [6.07, 6.45) is 7.37. The van der Waals surface area contributed by atoms with Gasteiger partial charge >= 0.3 is 0 Å². The van der Waals surface area contributed by atoms with Crippen LogP contribution < -0.4 is 5.73 Å². The van der Waals surface area contributed by atoms with Crippen LogP contribution in [0.2, 0.25) is 0 Å². The third-order valence-corrected chi connectivity index (χ3v) is 4.07. The monoisotopic (exact) mass is 242 g/mol. The summed E-state index contributed by atoms with van der Waals surface area (Å²) >= 11 is 0. The molecule has 0 saturated heterocycles. The van der Waals surface area contributed by atoms with Crippen LogP contribution in [-0.4, -0.2) is 41.8 Å². The van der Waals surface area contributed by atoms with Gasteiger partial charge in [-0.05, 0) is 58.0 Å². The third kappa shape index (κ3) is 5.84. The minimum Gasteiger partial charge on any atom is -0.389 e. The second-order valence-electron chi connectivity index (χ2n) is 5.85. The SMILES string of the molecule is CCN(CCCCC(C)(O)CN)CC1CCC1. The summed E-state index contributed by atoms with van der Waals surface area (Å²) in [6.45, 7) is 8.06. The Labute approximate surface area is 106 Å². The van der Waals surface area contributed by atoms with Gasteiger partial charge in [-0.1, -0.05) is 13.3 Å². The van der Waals surface area contributed by atoms with Gasteiger partial charge in [0, 0.05) is 13.1 Å². The van der Waals surface area contributed by atoms with E-state index in [9.17, 15) is 5.11 Å². The second kappa shape index (κ2) is 7.34. The fourth-order valence-corrected chi connectivity index (χ4v) is 2.36. The predicted octanol–water partition coefficient (Wildman–Crippen LogP) is 1.99. The van der Waals surface area contributed by atoms with Gasteiger partial charge < -0.3 is 15.7 Å². The lowest BCUT2D eigenvalue weighted by Crippen LogP contribution is -2.35. The van der Waals surface area contributed by atoms with Crippen molar-refractivity contribution in [1.29, 1.82) is 0 Å². The normalized spacial score (nSPS) is 20.3. The van der Waals surface area contributed by atoms with E-state index in [1.807, 2.05) is 6.92 Å². The molecule has 0 aromatic heterocycles. The Bertz CT molecular complexity index is 202. The van der Waals surface area contributed by atoms with Gasteiger partial charge in [0.15, 0.2) is 0 Å². The Kier molecular flexibility index (Phi) is 6.45. The first kappa shape index (κ1) is 14.9. The Morgan fingerprint density at radius 2 is 2.06 bits per heavy atom. The zero-order valence-corrected chi connectivity index (χ0v) is 11.6. The van der Waals surface area contributed by atoms with Crippen molar-refractivity contribution >= 4 is 0 Å². The lowest BCUT2D eigenvalue weighted by atomic mass is 9.85. The molecule has 3 heteroatoms. The first-order valence-corrected chi connectivity index (χ1v) is 7.22. The molecule has 1 unspecified atom stereocenters. The maximum atomic E-state index is 9.80. The molecule has 1 aliphatic carbocycles. The summed E-state index contributed by atoms with van der Waals surface area (Å²) in [6, 6.07) is 0. The lowest BCUT2D eigenvalue weighted by molar-refractivity contribution is 0.0560. The van der Waals surface area contributed by atoms with Gasteiger partial charge in [-0.3, -0.25) is 0 Å².